The maximum Gasteiger partial charge on any atom is 0.335 e. The predicted molar refractivity (Wildman–Crippen MR) is 76.8 cm³/mol. The van der Waals surface area contributed by atoms with Gasteiger partial charge in [0.15, 0.2) is 0 Å². The molecule has 2 rings (SSSR count). The van der Waals surface area contributed by atoms with Crippen molar-refractivity contribution in [1.82, 2.24) is 4.57 Å². The smallest absolute Gasteiger partial charge is 0.335 e. The van der Waals surface area contributed by atoms with Gasteiger partial charge in [0.1, 0.15) is 0 Å². The Balaban J connectivity index is 2.86. The predicted octanol–water partition coefficient (Wildman–Crippen LogP) is 2.25. The summed E-state index contributed by atoms with van der Waals surface area (Å²) >= 11 is 0. The molecule has 19 heavy (non-hydrogen) atoms. The van der Waals surface area contributed by atoms with Gasteiger partial charge in [0, 0.05) is 18.1 Å². The maximum atomic E-state index is 11.2. The first-order valence-corrected chi connectivity index (χ1v) is 6.55. The molecule has 0 atom stereocenters. The number of aryl methyl sites for hydroxylation is 2. The molecule has 0 aliphatic heterocycles. The number of benzene rings is 1. The van der Waals surface area contributed by atoms with E-state index in [1.54, 1.807) is 12.1 Å². The molecule has 3 N–H and O–H groups in total. The Hall–Kier alpha value is -1.81. The van der Waals surface area contributed by atoms with Crippen LogP contribution in [0.4, 0.5) is 0 Å². The molecule has 0 saturated heterocycles. The zero-order valence-electron chi connectivity index (χ0n) is 11.7. The molecule has 0 bridgehead atoms. The molecule has 0 unspecified atom stereocenters. The molecule has 0 fully saturated rings. The first-order chi connectivity index (χ1) is 9.01. The normalized spacial score (nSPS) is 11.2. The van der Waals surface area contributed by atoms with E-state index in [1.165, 1.54) is 0 Å². The molecule has 2 aromatic rings. The highest BCUT2D eigenvalue weighted by Crippen LogP contribution is 2.30. The Kier molecular flexibility index (Phi) is 3.62. The lowest BCUT2D eigenvalue weighted by molar-refractivity contribution is 0.0697. The van der Waals surface area contributed by atoms with E-state index >= 15 is 0 Å². The minimum atomic E-state index is -0.878. The van der Waals surface area contributed by atoms with E-state index in [4.69, 9.17) is 5.73 Å². The third-order valence-corrected chi connectivity index (χ3v) is 3.81. The van der Waals surface area contributed by atoms with Crippen molar-refractivity contribution in [3.8, 4) is 0 Å². The molecule has 1 aromatic heterocycles. The molecular weight excluding hydrogens is 240 g/mol. The second-order valence-electron chi connectivity index (χ2n) is 4.85. The molecule has 0 amide bonds. The van der Waals surface area contributed by atoms with Gasteiger partial charge in [-0.1, -0.05) is 6.92 Å². The number of carbonyl (C=O) groups is 1. The fraction of sp³-hybridized carbons (Fsp3) is 0.400. The van der Waals surface area contributed by atoms with Gasteiger partial charge >= 0.3 is 5.97 Å². The van der Waals surface area contributed by atoms with Gasteiger partial charge in [-0.3, -0.25) is 0 Å². The average molecular weight is 260 g/mol. The molecule has 0 aliphatic rings. The Morgan fingerprint density at radius 2 is 2.11 bits per heavy atom. The summed E-state index contributed by atoms with van der Waals surface area (Å²) in [5.74, 6) is -0.878. The van der Waals surface area contributed by atoms with Gasteiger partial charge in [0.25, 0.3) is 0 Å². The summed E-state index contributed by atoms with van der Waals surface area (Å²) in [6.07, 6.45) is 1.59. The molecule has 102 valence electrons. The lowest BCUT2D eigenvalue weighted by atomic mass is 10.0. The zero-order valence-corrected chi connectivity index (χ0v) is 11.7. The van der Waals surface area contributed by atoms with E-state index in [9.17, 15) is 9.90 Å². The van der Waals surface area contributed by atoms with Crippen molar-refractivity contribution in [3.63, 3.8) is 0 Å². The van der Waals surface area contributed by atoms with Crippen molar-refractivity contribution in [3.05, 3.63) is 34.5 Å². The standard InChI is InChI=1S/C15H20N2O2/c1-4-10-7-11(15(18)19)8-13-12(5-6-16)9(2)17(3)14(10)13/h7-8H,4-6,16H2,1-3H3,(H,18,19). The number of fused-ring (bicyclic) bond motifs is 1. The number of carboxylic acids is 1. The van der Waals surface area contributed by atoms with Gasteiger partial charge in [0.05, 0.1) is 11.1 Å². The number of hydrogen-bond acceptors (Lipinski definition) is 2. The number of rotatable bonds is 4. The highest BCUT2D eigenvalue weighted by Gasteiger charge is 2.17. The summed E-state index contributed by atoms with van der Waals surface area (Å²) in [5, 5.41) is 10.3. The number of aromatic nitrogens is 1. The fourth-order valence-corrected chi connectivity index (χ4v) is 2.74. The third kappa shape index (κ3) is 2.12. The van der Waals surface area contributed by atoms with Crippen LogP contribution in [-0.4, -0.2) is 22.2 Å². The molecular formula is C15H20N2O2. The quantitative estimate of drug-likeness (QED) is 0.886. The van der Waals surface area contributed by atoms with Crippen LogP contribution in [0.25, 0.3) is 10.9 Å². The van der Waals surface area contributed by atoms with Crippen molar-refractivity contribution >= 4 is 16.9 Å². The summed E-state index contributed by atoms with van der Waals surface area (Å²) < 4.78 is 2.14. The van der Waals surface area contributed by atoms with E-state index in [2.05, 4.69) is 11.5 Å². The lowest BCUT2D eigenvalue weighted by Crippen LogP contribution is -2.04. The number of nitrogens with zero attached hydrogens (tertiary/aromatic N) is 1. The molecule has 0 radical (unpaired) electrons. The first-order valence-electron chi connectivity index (χ1n) is 6.55. The van der Waals surface area contributed by atoms with Gasteiger partial charge in [-0.25, -0.2) is 4.79 Å². The monoisotopic (exact) mass is 260 g/mol. The van der Waals surface area contributed by atoms with Crippen LogP contribution in [0.2, 0.25) is 0 Å². The van der Waals surface area contributed by atoms with Crippen molar-refractivity contribution in [2.45, 2.75) is 26.7 Å². The Labute approximate surface area is 112 Å². The molecule has 0 spiro atoms. The van der Waals surface area contributed by atoms with E-state index < -0.39 is 5.97 Å². The number of aromatic carboxylic acids is 1. The van der Waals surface area contributed by atoms with Gasteiger partial charge in [-0.05, 0) is 49.6 Å². The summed E-state index contributed by atoms with van der Waals surface area (Å²) in [4.78, 5) is 11.2. The third-order valence-electron chi connectivity index (χ3n) is 3.81. The average Bonchev–Trinajstić information content (AvgIpc) is 2.63. The Morgan fingerprint density at radius 1 is 1.42 bits per heavy atom. The van der Waals surface area contributed by atoms with Crippen LogP contribution in [0.15, 0.2) is 12.1 Å². The van der Waals surface area contributed by atoms with E-state index in [1.807, 2.05) is 14.0 Å². The van der Waals surface area contributed by atoms with Crippen molar-refractivity contribution < 1.29 is 9.90 Å². The van der Waals surface area contributed by atoms with Crippen LogP contribution in [0.3, 0.4) is 0 Å². The minimum absolute atomic E-state index is 0.355. The van der Waals surface area contributed by atoms with Crippen molar-refractivity contribution in [2.24, 2.45) is 12.8 Å². The highest BCUT2D eigenvalue weighted by molar-refractivity contribution is 5.97. The van der Waals surface area contributed by atoms with E-state index in [0.29, 0.717) is 12.1 Å². The highest BCUT2D eigenvalue weighted by atomic mass is 16.4. The number of hydrogen-bond donors (Lipinski definition) is 2. The van der Waals surface area contributed by atoms with Gasteiger partial charge in [-0.2, -0.15) is 0 Å². The van der Waals surface area contributed by atoms with Crippen molar-refractivity contribution in [2.75, 3.05) is 6.54 Å². The summed E-state index contributed by atoms with van der Waals surface area (Å²) in [7, 11) is 2.03. The fourth-order valence-electron chi connectivity index (χ4n) is 2.74. The van der Waals surface area contributed by atoms with E-state index in [-0.39, 0.29) is 0 Å². The summed E-state index contributed by atoms with van der Waals surface area (Å²) in [6.45, 7) is 4.68. The summed E-state index contributed by atoms with van der Waals surface area (Å²) in [5.41, 5.74) is 10.6. The zero-order chi connectivity index (χ0) is 14.2. The van der Waals surface area contributed by atoms with Crippen LogP contribution in [0.5, 0.6) is 0 Å². The summed E-state index contributed by atoms with van der Waals surface area (Å²) in [6, 6.07) is 3.55. The molecule has 4 nitrogen and oxygen atoms in total. The molecule has 1 heterocycles. The van der Waals surface area contributed by atoms with Gasteiger partial charge in [0.2, 0.25) is 0 Å². The van der Waals surface area contributed by atoms with Crippen LogP contribution in [0.1, 0.15) is 34.1 Å². The topological polar surface area (TPSA) is 68.2 Å². The SMILES string of the molecule is CCc1cc(C(=O)O)cc2c(CCN)c(C)n(C)c12. The maximum absolute atomic E-state index is 11.2. The van der Waals surface area contributed by atoms with E-state index in [0.717, 1.165) is 40.6 Å². The first kappa shape index (κ1) is 13.6. The molecule has 4 heteroatoms. The van der Waals surface area contributed by atoms with Crippen LogP contribution in [-0.2, 0) is 19.9 Å². The Bertz CT molecular complexity index is 641. The number of carboxylic acid groups (broad SMARTS) is 1. The minimum Gasteiger partial charge on any atom is -0.478 e. The molecule has 0 aliphatic carbocycles. The van der Waals surface area contributed by atoms with Crippen LogP contribution in [0, 0.1) is 6.92 Å². The van der Waals surface area contributed by atoms with Crippen molar-refractivity contribution in [1.29, 1.82) is 0 Å². The molecule has 1 aromatic carbocycles. The largest absolute Gasteiger partial charge is 0.478 e. The van der Waals surface area contributed by atoms with Crippen LogP contribution < -0.4 is 5.73 Å². The van der Waals surface area contributed by atoms with Gasteiger partial charge in [-0.15, -0.1) is 0 Å². The van der Waals surface area contributed by atoms with Crippen LogP contribution >= 0.6 is 0 Å². The lowest BCUT2D eigenvalue weighted by Gasteiger charge is -2.06. The second kappa shape index (κ2) is 5.05. The second-order valence-corrected chi connectivity index (χ2v) is 4.85. The Morgan fingerprint density at radius 3 is 2.63 bits per heavy atom. The molecule has 0 saturated carbocycles. The van der Waals surface area contributed by atoms with Gasteiger partial charge < -0.3 is 15.4 Å². The number of nitrogens with two attached hydrogens (primary N) is 1.